The van der Waals surface area contributed by atoms with Crippen LogP contribution in [0.4, 0.5) is 0 Å². The average molecular weight is 392 g/mol. The van der Waals surface area contributed by atoms with Gasteiger partial charge in [-0.3, -0.25) is 9.36 Å². The summed E-state index contributed by atoms with van der Waals surface area (Å²) in [5, 5.41) is 9.64. The van der Waals surface area contributed by atoms with Crippen molar-refractivity contribution in [3.05, 3.63) is 63.7 Å². The Kier molecular flexibility index (Phi) is 4.80. The largest absolute Gasteiger partial charge is 0.493 e. The van der Waals surface area contributed by atoms with Gasteiger partial charge in [0.2, 0.25) is 0 Å². The van der Waals surface area contributed by atoms with Gasteiger partial charge in [0, 0.05) is 6.54 Å². The fraction of sp³-hybridized carbons (Fsp3) is 0.227. The third kappa shape index (κ3) is 3.35. The van der Waals surface area contributed by atoms with Crippen molar-refractivity contribution in [2.45, 2.75) is 19.9 Å². The fourth-order valence-corrected chi connectivity index (χ4v) is 3.54. The Hall–Kier alpha value is -3.61. The Morgan fingerprint density at radius 3 is 2.79 bits per heavy atom. The van der Waals surface area contributed by atoms with Crippen LogP contribution in [0.3, 0.4) is 0 Å². The lowest BCUT2D eigenvalue weighted by Crippen LogP contribution is -2.21. The highest BCUT2D eigenvalue weighted by Crippen LogP contribution is 2.32. The lowest BCUT2D eigenvalue weighted by Gasteiger charge is -2.10. The Morgan fingerprint density at radius 2 is 2.07 bits per heavy atom. The lowest BCUT2D eigenvalue weighted by molar-refractivity contribution is 0.0697. The highest BCUT2D eigenvalue weighted by Gasteiger charge is 2.21. The summed E-state index contributed by atoms with van der Waals surface area (Å²) in [6.07, 6.45) is 2.64. The fourth-order valence-electron chi connectivity index (χ4n) is 3.54. The van der Waals surface area contributed by atoms with E-state index >= 15 is 0 Å². The molecule has 0 fully saturated rings. The van der Waals surface area contributed by atoms with Crippen molar-refractivity contribution in [2.75, 3.05) is 13.7 Å². The molecule has 0 aliphatic carbocycles. The maximum absolute atomic E-state index is 12.8. The summed E-state index contributed by atoms with van der Waals surface area (Å²) in [5.74, 6) is 0.824. The van der Waals surface area contributed by atoms with E-state index in [1.165, 1.54) is 18.2 Å². The second kappa shape index (κ2) is 7.43. The number of carbonyl (C=O) groups is 1. The van der Waals surface area contributed by atoms with Crippen molar-refractivity contribution >= 4 is 28.5 Å². The molecule has 0 saturated carbocycles. The van der Waals surface area contributed by atoms with Gasteiger partial charge in [-0.2, -0.15) is 0 Å². The molecule has 3 aromatic rings. The summed E-state index contributed by atoms with van der Waals surface area (Å²) in [6, 6.07) is 10.0. The molecule has 1 aromatic heterocycles. The molecule has 0 radical (unpaired) electrons. The predicted molar refractivity (Wildman–Crippen MR) is 110 cm³/mol. The van der Waals surface area contributed by atoms with Gasteiger partial charge in [-0.05, 0) is 60.9 Å². The first-order valence-electron chi connectivity index (χ1n) is 9.31. The zero-order chi connectivity index (χ0) is 20.5. The molecule has 0 amide bonds. The number of ether oxygens (including phenoxy) is 2. The van der Waals surface area contributed by atoms with Gasteiger partial charge in [0.05, 0.1) is 30.2 Å². The number of carboxylic acid groups (broad SMARTS) is 1. The van der Waals surface area contributed by atoms with Gasteiger partial charge in [-0.25, -0.2) is 9.78 Å². The van der Waals surface area contributed by atoms with Crippen LogP contribution in [0, 0.1) is 0 Å². The third-order valence-corrected chi connectivity index (χ3v) is 4.92. The zero-order valence-corrected chi connectivity index (χ0v) is 16.1. The van der Waals surface area contributed by atoms with Crippen molar-refractivity contribution in [2.24, 2.45) is 0 Å². The number of carboxylic acids is 1. The number of aromatic nitrogens is 2. The molecule has 29 heavy (non-hydrogen) atoms. The van der Waals surface area contributed by atoms with Gasteiger partial charge < -0.3 is 14.6 Å². The number of rotatable bonds is 5. The van der Waals surface area contributed by atoms with Crippen molar-refractivity contribution in [1.82, 2.24) is 9.55 Å². The highest BCUT2D eigenvalue weighted by atomic mass is 16.5. The number of methoxy groups -OCH3 is 1. The molecule has 0 bridgehead atoms. The van der Waals surface area contributed by atoms with Crippen LogP contribution in [0.15, 0.2) is 41.2 Å². The van der Waals surface area contributed by atoms with Crippen LogP contribution in [-0.4, -0.2) is 34.3 Å². The van der Waals surface area contributed by atoms with Crippen molar-refractivity contribution in [1.29, 1.82) is 0 Å². The van der Waals surface area contributed by atoms with Gasteiger partial charge in [0.25, 0.3) is 5.56 Å². The molecule has 0 spiro atoms. The van der Waals surface area contributed by atoms with E-state index in [2.05, 4.69) is 4.98 Å². The molecule has 4 rings (SSSR count). The molecule has 0 unspecified atom stereocenters. The molecule has 1 aliphatic rings. The van der Waals surface area contributed by atoms with Gasteiger partial charge in [-0.15, -0.1) is 0 Å². The first-order valence-corrected chi connectivity index (χ1v) is 9.31. The maximum atomic E-state index is 12.8. The van der Waals surface area contributed by atoms with Gasteiger partial charge in [-0.1, -0.05) is 6.07 Å². The molecule has 7 nitrogen and oxygen atoms in total. The van der Waals surface area contributed by atoms with E-state index in [1.54, 1.807) is 11.7 Å². The Morgan fingerprint density at radius 1 is 1.24 bits per heavy atom. The van der Waals surface area contributed by atoms with E-state index in [-0.39, 0.29) is 11.1 Å². The molecule has 0 atom stereocenters. The molecule has 2 heterocycles. The van der Waals surface area contributed by atoms with Crippen molar-refractivity contribution < 1.29 is 19.4 Å². The number of hydrogen-bond acceptors (Lipinski definition) is 5. The van der Waals surface area contributed by atoms with Crippen LogP contribution in [0.25, 0.3) is 22.6 Å². The second-order valence-corrected chi connectivity index (χ2v) is 6.69. The van der Waals surface area contributed by atoms with Gasteiger partial charge >= 0.3 is 5.97 Å². The summed E-state index contributed by atoms with van der Waals surface area (Å²) in [4.78, 5) is 28.7. The quantitative estimate of drug-likeness (QED) is 0.715. The second-order valence-electron chi connectivity index (χ2n) is 6.69. The minimum absolute atomic E-state index is 0.106. The summed E-state index contributed by atoms with van der Waals surface area (Å²) < 4.78 is 12.6. The Labute approximate surface area is 166 Å². The Bertz CT molecular complexity index is 1210. The summed E-state index contributed by atoms with van der Waals surface area (Å²) in [6.45, 7) is 2.97. The number of fused-ring (bicyclic) bond motifs is 2. The highest BCUT2D eigenvalue weighted by molar-refractivity contribution is 5.93. The van der Waals surface area contributed by atoms with Crippen LogP contribution < -0.4 is 15.0 Å². The Balaban J connectivity index is 1.82. The van der Waals surface area contributed by atoms with E-state index in [0.717, 1.165) is 11.1 Å². The van der Waals surface area contributed by atoms with Crippen molar-refractivity contribution in [3.8, 4) is 11.5 Å². The predicted octanol–water partition coefficient (Wildman–Crippen LogP) is 3.45. The summed E-state index contributed by atoms with van der Waals surface area (Å²) >= 11 is 0. The third-order valence-electron chi connectivity index (χ3n) is 4.92. The molecule has 0 saturated heterocycles. The van der Waals surface area contributed by atoms with E-state index in [1.807, 2.05) is 31.2 Å². The lowest BCUT2D eigenvalue weighted by atomic mass is 10.1. The monoisotopic (exact) mass is 392 g/mol. The van der Waals surface area contributed by atoms with Crippen LogP contribution >= 0.6 is 0 Å². The topological polar surface area (TPSA) is 90.7 Å². The van der Waals surface area contributed by atoms with Gasteiger partial charge in [0.15, 0.2) is 11.5 Å². The van der Waals surface area contributed by atoms with Crippen LogP contribution in [0.5, 0.6) is 11.5 Å². The van der Waals surface area contributed by atoms with Crippen LogP contribution in [-0.2, 0) is 6.54 Å². The number of benzene rings is 2. The molecule has 1 N–H and O–H groups in total. The normalized spacial score (nSPS) is 14.2. The number of allylic oxidation sites excluding steroid dienone is 1. The van der Waals surface area contributed by atoms with E-state index in [0.29, 0.717) is 47.8 Å². The summed E-state index contributed by atoms with van der Waals surface area (Å²) in [7, 11) is 1.59. The van der Waals surface area contributed by atoms with E-state index in [4.69, 9.17) is 9.47 Å². The minimum atomic E-state index is -1.05. The van der Waals surface area contributed by atoms with Crippen LogP contribution in [0.2, 0.25) is 0 Å². The molecule has 148 valence electrons. The number of nitrogens with zero attached hydrogens (tertiary/aromatic N) is 2. The molecule has 7 heteroatoms. The maximum Gasteiger partial charge on any atom is 0.335 e. The zero-order valence-electron chi connectivity index (χ0n) is 16.1. The van der Waals surface area contributed by atoms with Gasteiger partial charge in [0.1, 0.15) is 5.82 Å². The molecule has 1 aliphatic heterocycles. The number of hydrogen-bond donors (Lipinski definition) is 1. The number of aromatic carboxylic acids is 1. The van der Waals surface area contributed by atoms with Crippen molar-refractivity contribution in [3.63, 3.8) is 0 Å². The summed E-state index contributed by atoms with van der Waals surface area (Å²) in [5.41, 5.74) is 2.16. The smallest absolute Gasteiger partial charge is 0.335 e. The van der Waals surface area contributed by atoms with E-state index < -0.39 is 5.97 Å². The standard InChI is InChI=1S/C22H20N2O5/c1-3-29-19-11-13(4-7-18(19)28-2)10-14-8-9-24-20(14)23-17-12-15(22(26)27)5-6-16(17)21(24)25/h4-7,10-12H,3,8-9H2,1-2H3,(H,26,27)/b14-10+. The molecular weight excluding hydrogens is 372 g/mol. The SMILES string of the molecule is CCOc1cc(/C=C2\CCn3c2nc2cc(C(=O)O)ccc2c3=O)ccc1OC. The molecule has 2 aromatic carbocycles. The van der Waals surface area contributed by atoms with Crippen LogP contribution in [0.1, 0.15) is 35.1 Å². The van der Waals surface area contributed by atoms with E-state index in [9.17, 15) is 14.7 Å². The molecular formula is C22H20N2O5. The average Bonchev–Trinajstić information content (AvgIpc) is 3.11. The first-order chi connectivity index (χ1) is 14.0. The first kappa shape index (κ1) is 18.7. The minimum Gasteiger partial charge on any atom is -0.493 e.